The van der Waals surface area contributed by atoms with Gasteiger partial charge in [-0.15, -0.1) is 5.10 Å². The van der Waals surface area contributed by atoms with E-state index in [0.717, 1.165) is 18.7 Å². The number of anilines is 2. The molecular weight excluding hydrogens is 276 g/mol. The van der Waals surface area contributed by atoms with Crippen LogP contribution in [-0.2, 0) is 6.54 Å². The van der Waals surface area contributed by atoms with Gasteiger partial charge in [-0.1, -0.05) is 35.4 Å². The molecule has 5 heteroatoms. The summed E-state index contributed by atoms with van der Waals surface area (Å²) in [7, 11) is 0. The lowest BCUT2D eigenvalue weighted by Crippen LogP contribution is -2.22. The molecule has 0 amide bonds. The molecule has 0 spiro atoms. The third-order valence-electron chi connectivity index (χ3n) is 3.44. The van der Waals surface area contributed by atoms with Gasteiger partial charge in [0, 0.05) is 24.3 Å². The van der Waals surface area contributed by atoms with Gasteiger partial charge >= 0.3 is 6.01 Å². The predicted octanol–water partition coefficient (Wildman–Crippen LogP) is 3.35. The van der Waals surface area contributed by atoms with Gasteiger partial charge in [0.05, 0.1) is 0 Å². The summed E-state index contributed by atoms with van der Waals surface area (Å²) in [5, 5.41) is 8.29. The smallest absolute Gasteiger partial charge is 0.318 e. The molecule has 0 radical (unpaired) electrons. The fourth-order valence-electron chi connectivity index (χ4n) is 2.20. The number of aromatic nitrogens is 2. The van der Waals surface area contributed by atoms with Crippen LogP contribution in [0.2, 0.25) is 0 Å². The second-order valence-electron chi connectivity index (χ2n) is 5.01. The second-order valence-corrected chi connectivity index (χ2v) is 5.01. The van der Waals surface area contributed by atoms with Crippen LogP contribution in [-0.4, -0.2) is 16.7 Å². The zero-order chi connectivity index (χ0) is 15.4. The monoisotopic (exact) mass is 294 g/mol. The van der Waals surface area contributed by atoms with E-state index >= 15 is 0 Å². The standard InChI is InChI=1S/C17H18N4O/c1-2-21(12-13-6-4-3-5-7-13)17-20-19-16(22-17)14-8-10-15(18)11-9-14/h3-11H,2,12,18H2,1H3. The minimum Gasteiger partial charge on any atom is -0.403 e. The maximum Gasteiger partial charge on any atom is 0.318 e. The fraction of sp³-hybridized carbons (Fsp3) is 0.176. The van der Waals surface area contributed by atoms with Crippen LogP contribution in [0.4, 0.5) is 11.7 Å². The highest BCUT2D eigenvalue weighted by molar-refractivity contribution is 5.57. The Hall–Kier alpha value is -2.82. The highest BCUT2D eigenvalue weighted by atomic mass is 16.4. The zero-order valence-corrected chi connectivity index (χ0v) is 12.4. The van der Waals surface area contributed by atoms with Crippen molar-refractivity contribution in [3.8, 4) is 11.5 Å². The van der Waals surface area contributed by atoms with Gasteiger partial charge in [0.15, 0.2) is 0 Å². The number of benzene rings is 2. The van der Waals surface area contributed by atoms with Crippen molar-refractivity contribution in [2.45, 2.75) is 13.5 Å². The van der Waals surface area contributed by atoms with Crippen LogP contribution in [0.15, 0.2) is 59.0 Å². The summed E-state index contributed by atoms with van der Waals surface area (Å²) in [5.41, 5.74) is 8.47. The third-order valence-corrected chi connectivity index (χ3v) is 3.44. The Kier molecular flexibility index (Phi) is 4.05. The molecule has 0 saturated heterocycles. The summed E-state index contributed by atoms with van der Waals surface area (Å²) >= 11 is 0. The van der Waals surface area contributed by atoms with E-state index in [1.807, 2.05) is 47.4 Å². The van der Waals surface area contributed by atoms with E-state index in [9.17, 15) is 0 Å². The average molecular weight is 294 g/mol. The maximum atomic E-state index is 5.80. The van der Waals surface area contributed by atoms with E-state index < -0.39 is 0 Å². The lowest BCUT2D eigenvalue weighted by atomic mass is 10.2. The van der Waals surface area contributed by atoms with Crippen molar-refractivity contribution < 1.29 is 4.42 Å². The molecule has 0 bridgehead atoms. The number of nitrogens with zero attached hydrogens (tertiary/aromatic N) is 3. The normalized spacial score (nSPS) is 10.6. The number of nitrogens with two attached hydrogens (primary N) is 1. The molecule has 1 heterocycles. The topological polar surface area (TPSA) is 68.2 Å². The molecule has 112 valence electrons. The Morgan fingerprint density at radius 1 is 1.00 bits per heavy atom. The Bertz CT molecular complexity index is 722. The summed E-state index contributed by atoms with van der Waals surface area (Å²) in [5.74, 6) is 0.501. The molecule has 5 nitrogen and oxygen atoms in total. The number of rotatable bonds is 5. The van der Waals surface area contributed by atoms with Gasteiger partial charge in [0.1, 0.15) is 0 Å². The largest absolute Gasteiger partial charge is 0.403 e. The van der Waals surface area contributed by atoms with Gasteiger partial charge in [-0.3, -0.25) is 0 Å². The molecule has 0 unspecified atom stereocenters. The molecule has 0 aliphatic rings. The summed E-state index contributed by atoms with van der Waals surface area (Å²) in [6.07, 6.45) is 0. The molecule has 0 fully saturated rings. The van der Waals surface area contributed by atoms with Crippen molar-refractivity contribution in [3.05, 3.63) is 60.2 Å². The van der Waals surface area contributed by atoms with Gasteiger partial charge in [0.25, 0.3) is 0 Å². The average Bonchev–Trinajstić information content (AvgIpc) is 3.04. The minimum atomic E-state index is 0.501. The van der Waals surface area contributed by atoms with Crippen molar-refractivity contribution in [3.63, 3.8) is 0 Å². The van der Waals surface area contributed by atoms with Crippen molar-refractivity contribution in [1.29, 1.82) is 0 Å². The van der Waals surface area contributed by atoms with Crippen LogP contribution in [0.25, 0.3) is 11.5 Å². The summed E-state index contributed by atoms with van der Waals surface area (Å²) in [4.78, 5) is 2.04. The zero-order valence-electron chi connectivity index (χ0n) is 12.4. The predicted molar refractivity (Wildman–Crippen MR) is 87.3 cm³/mol. The Balaban J connectivity index is 1.80. The van der Waals surface area contributed by atoms with Crippen LogP contribution in [0.3, 0.4) is 0 Å². The molecule has 0 aliphatic heterocycles. The number of hydrogen-bond donors (Lipinski definition) is 1. The van der Waals surface area contributed by atoms with E-state index in [0.29, 0.717) is 17.6 Å². The first-order valence-electron chi connectivity index (χ1n) is 7.24. The molecule has 0 atom stereocenters. The van der Waals surface area contributed by atoms with Crippen LogP contribution >= 0.6 is 0 Å². The molecule has 3 rings (SSSR count). The van der Waals surface area contributed by atoms with E-state index in [1.54, 1.807) is 0 Å². The van der Waals surface area contributed by atoms with Crippen LogP contribution in [0, 0.1) is 0 Å². The first-order valence-corrected chi connectivity index (χ1v) is 7.24. The van der Waals surface area contributed by atoms with E-state index in [-0.39, 0.29) is 0 Å². The van der Waals surface area contributed by atoms with Crippen LogP contribution in [0.1, 0.15) is 12.5 Å². The molecular formula is C17H18N4O. The Labute approximate surface area is 129 Å². The minimum absolute atomic E-state index is 0.501. The fourth-order valence-corrected chi connectivity index (χ4v) is 2.20. The summed E-state index contributed by atoms with van der Waals surface area (Å²) in [6, 6.07) is 18.1. The molecule has 2 N–H and O–H groups in total. The van der Waals surface area contributed by atoms with Gasteiger partial charge < -0.3 is 15.1 Å². The van der Waals surface area contributed by atoms with Gasteiger partial charge in [-0.2, -0.15) is 0 Å². The van der Waals surface area contributed by atoms with Crippen molar-refractivity contribution in [2.75, 3.05) is 17.2 Å². The van der Waals surface area contributed by atoms with Crippen molar-refractivity contribution >= 4 is 11.7 Å². The molecule has 1 aromatic heterocycles. The number of hydrogen-bond acceptors (Lipinski definition) is 5. The Morgan fingerprint density at radius 2 is 1.73 bits per heavy atom. The molecule has 22 heavy (non-hydrogen) atoms. The second kappa shape index (κ2) is 6.30. The SMILES string of the molecule is CCN(Cc1ccccc1)c1nnc(-c2ccc(N)cc2)o1. The highest BCUT2D eigenvalue weighted by Crippen LogP contribution is 2.23. The van der Waals surface area contributed by atoms with Gasteiger partial charge in [-0.05, 0) is 36.8 Å². The first-order chi connectivity index (χ1) is 10.8. The van der Waals surface area contributed by atoms with Crippen molar-refractivity contribution in [1.82, 2.24) is 10.2 Å². The van der Waals surface area contributed by atoms with E-state index in [4.69, 9.17) is 10.2 Å². The van der Waals surface area contributed by atoms with E-state index in [2.05, 4.69) is 29.3 Å². The third kappa shape index (κ3) is 3.09. The lowest BCUT2D eigenvalue weighted by Gasteiger charge is -2.17. The van der Waals surface area contributed by atoms with Crippen LogP contribution in [0.5, 0.6) is 0 Å². The van der Waals surface area contributed by atoms with Gasteiger partial charge in [0.2, 0.25) is 5.89 Å². The van der Waals surface area contributed by atoms with E-state index in [1.165, 1.54) is 5.56 Å². The van der Waals surface area contributed by atoms with Crippen molar-refractivity contribution in [2.24, 2.45) is 0 Å². The van der Waals surface area contributed by atoms with Crippen LogP contribution < -0.4 is 10.6 Å². The maximum absolute atomic E-state index is 5.80. The lowest BCUT2D eigenvalue weighted by molar-refractivity contribution is 0.545. The summed E-state index contributed by atoms with van der Waals surface area (Å²) < 4.78 is 5.80. The van der Waals surface area contributed by atoms with Gasteiger partial charge in [-0.25, -0.2) is 0 Å². The Morgan fingerprint density at radius 3 is 2.41 bits per heavy atom. The quantitative estimate of drug-likeness (QED) is 0.731. The highest BCUT2D eigenvalue weighted by Gasteiger charge is 2.14. The molecule has 2 aromatic carbocycles. The molecule has 0 aliphatic carbocycles. The molecule has 3 aromatic rings. The summed E-state index contributed by atoms with van der Waals surface area (Å²) in [6.45, 7) is 3.59. The first kappa shape index (κ1) is 14.1. The molecule has 0 saturated carbocycles. The number of nitrogen functional groups attached to an aromatic ring is 1.